The number of carbonyl (C=O) groups excluding carboxylic acids is 1. The zero-order valence-electron chi connectivity index (χ0n) is 5.66. The number of aromatic nitrogens is 1. The van der Waals surface area contributed by atoms with Crippen LogP contribution in [0.5, 0.6) is 0 Å². The van der Waals surface area contributed by atoms with Gasteiger partial charge in [0.25, 0.3) is 0 Å². The molecule has 52 valence electrons. The van der Waals surface area contributed by atoms with Gasteiger partial charge in [-0.1, -0.05) is 6.08 Å². The molecule has 0 N–H and O–H groups in total. The number of carbonyl (C=O) groups is 1. The Balaban J connectivity index is 2.68. The van der Waals surface area contributed by atoms with E-state index in [0.717, 1.165) is 0 Å². The largest absolute Gasteiger partial charge is 0.294 e. The first-order chi connectivity index (χ1) is 4.84. The van der Waals surface area contributed by atoms with Gasteiger partial charge in [0.05, 0.1) is 0 Å². The summed E-state index contributed by atoms with van der Waals surface area (Å²) in [7, 11) is 0. The summed E-state index contributed by atoms with van der Waals surface area (Å²) in [6.45, 7) is 3.48. The van der Waals surface area contributed by atoms with Crippen molar-refractivity contribution >= 4 is 5.91 Å². The van der Waals surface area contributed by atoms with Gasteiger partial charge < -0.3 is 0 Å². The molecule has 0 aliphatic heterocycles. The van der Waals surface area contributed by atoms with Crippen LogP contribution in [-0.4, -0.2) is 10.5 Å². The highest BCUT2D eigenvalue weighted by Gasteiger charge is 1.97. The molecule has 0 aliphatic carbocycles. The smallest absolute Gasteiger partial charge is 0.234 e. The van der Waals surface area contributed by atoms with E-state index in [1.165, 1.54) is 0 Å². The van der Waals surface area contributed by atoms with E-state index in [1.807, 2.05) is 12.1 Å². The molecule has 0 amide bonds. The third-order valence-corrected chi connectivity index (χ3v) is 1.21. The van der Waals surface area contributed by atoms with Crippen molar-refractivity contribution in [2.75, 3.05) is 0 Å². The maximum absolute atomic E-state index is 11.0. The fourth-order valence-corrected chi connectivity index (χ4v) is 0.730. The molecule has 0 spiro atoms. The SMILES string of the molecule is C=CCC(=O)n1cccc1. The molecule has 2 heteroatoms. The van der Waals surface area contributed by atoms with Crippen LogP contribution in [0.2, 0.25) is 0 Å². The molecule has 1 aromatic rings. The summed E-state index contributed by atoms with van der Waals surface area (Å²) in [6, 6.07) is 3.64. The summed E-state index contributed by atoms with van der Waals surface area (Å²) in [6.07, 6.45) is 5.45. The van der Waals surface area contributed by atoms with Gasteiger partial charge in [-0.2, -0.15) is 0 Å². The van der Waals surface area contributed by atoms with E-state index < -0.39 is 0 Å². The Bertz CT molecular complexity index is 223. The lowest BCUT2D eigenvalue weighted by Crippen LogP contribution is -2.05. The number of hydrogen-bond acceptors (Lipinski definition) is 1. The van der Waals surface area contributed by atoms with Crippen molar-refractivity contribution in [2.24, 2.45) is 0 Å². The highest BCUT2D eigenvalue weighted by atomic mass is 16.1. The molecule has 1 rings (SSSR count). The zero-order chi connectivity index (χ0) is 7.40. The van der Waals surface area contributed by atoms with Crippen molar-refractivity contribution in [3.05, 3.63) is 37.2 Å². The van der Waals surface area contributed by atoms with Crippen molar-refractivity contribution < 1.29 is 4.79 Å². The van der Waals surface area contributed by atoms with Crippen LogP contribution in [0.4, 0.5) is 0 Å². The van der Waals surface area contributed by atoms with E-state index in [1.54, 1.807) is 23.0 Å². The molecule has 0 fully saturated rings. The van der Waals surface area contributed by atoms with Gasteiger partial charge in [0, 0.05) is 18.8 Å². The second-order valence-corrected chi connectivity index (χ2v) is 1.98. The first-order valence-corrected chi connectivity index (χ1v) is 3.11. The Morgan fingerprint density at radius 2 is 2.10 bits per heavy atom. The van der Waals surface area contributed by atoms with Crippen LogP contribution in [0.25, 0.3) is 0 Å². The molecule has 1 aromatic heterocycles. The van der Waals surface area contributed by atoms with Crippen LogP contribution in [0.15, 0.2) is 37.2 Å². The fourth-order valence-electron chi connectivity index (χ4n) is 0.730. The predicted molar refractivity (Wildman–Crippen MR) is 39.9 cm³/mol. The lowest BCUT2D eigenvalue weighted by molar-refractivity contribution is 0.0918. The number of rotatable bonds is 2. The van der Waals surface area contributed by atoms with Crippen molar-refractivity contribution in [1.82, 2.24) is 4.57 Å². The molecule has 0 bridgehead atoms. The number of hydrogen-bond donors (Lipinski definition) is 0. The van der Waals surface area contributed by atoms with E-state index >= 15 is 0 Å². The lowest BCUT2D eigenvalue weighted by atomic mass is 10.4. The summed E-state index contributed by atoms with van der Waals surface area (Å²) in [5, 5.41) is 0. The highest BCUT2D eigenvalue weighted by molar-refractivity contribution is 5.80. The van der Waals surface area contributed by atoms with Crippen LogP contribution < -0.4 is 0 Å². The van der Waals surface area contributed by atoms with Crippen molar-refractivity contribution in [2.45, 2.75) is 6.42 Å². The molecule has 0 saturated heterocycles. The van der Waals surface area contributed by atoms with Gasteiger partial charge in [0.2, 0.25) is 5.91 Å². The van der Waals surface area contributed by atoms with Crippen molar-refractivity contribution in [3.63, 3.8) is 0 Å². The molecule has 0 atom stereocenters. The second-order valence-electron chi connectivity index (χ2n) is 1.98. The molecule has 1 heterocycles. The van der Waals surface area contributed by atoms with Gasteiger partial charge >= 0.3 is 0 Å². The summed E-state index contributed by atoms with van der Waals surface area (Å²) in [4.78, 5) is 11.0. The van der Waals surface area contributed by atoms with Gasteiger partial charge in [-0.05, 0) is 12.1 Å². The summed E-state index contributed by atoms with van der Waals surface area (Å²) in [5.74, 6) is 0.0556. The maximum Gasteiger partial charge on any atom is 0.234 e. The standard InChI is InChI=1S/C8H9NO/c1-2-5-8(10)9-6-3-4-7-9/h2-4,6-7H,1,5H2. The van der Waals surface area contributed by atoms with Crippen molar-refractivity contribution in [3.8, 4) is 0 Å². The molecule has 0 aliphatic rings. The van der Waals surface area contributed by atoms with E-state index in [2.05, 4.69) is 6.58 Å². The maximum atomic E-state index is 11.0. The highest BCUT2D eigenvalue weighted by Crippen LogP contribution is 1.93. The molecule has 0 radical (unpaired) electrons. The van der Waals surface area contributed by atoms with Gasteiger partial charge in [0.1, 0.15) is 0 Å². The van der Waals surface area contributed by atoms with Gasteiger partial charge in [-0.15, -0.1) is 6.58 Å². The predicted octanol–water partition coefficient (Wildman–Crippen LogP) is 1.70. The molecule has 10 heavy (non-hydrogen) atoms. The third kappa shape index (κ3) is 1.35. The van der Waals surface area contributed by atoms with E-state index in [-0.39, 0.29) is 5.91 Å². The fraction of sp³-hybridized carbons (Fsp3) is 0.125. The topological polar surface area (TPSA) is 22.0 Å². The molecular formula is C8H9NO. The second kappa shape index (κ2) is 3.01. The molecule has 0 unspecified atom stereocenters. The minimum absolute atomic E-state index is 0.0556. The van der Waals surface area contributed by atoms with Crippen LogP contribution in [0.3, 0.4) is 0 Å². The summed E-state index contributed by atoms with van der Waals surface area (Å²) in [5.41, 5.74) is 0. The monoisotopic (exact) mass is 135 g/mol. The van der Waals surface area contributed by atoms with Gasteiger partial charge in [-0.25, -0.2) is 0 Å². The average Bonchev–Trinajstić information content (AvgIpc) is 2.38. The third-order valence-electron chi connectivity index (χ3n) is 1.21. The van der Waals surface area contributed by atoms with Crippen LogP contribution in [-0.2, 0) is 0 Å². The first-order valence-electron chi connectivity index (χ1n) is 3.11. The minimum Gasteiger partial charge on any atom is -0.294 e. The van der Waals surface area contributed by atoms with E-state index in [0.29, 0.717) is 6.42 Å². The summed E-state index contributed by atoms with van der Waals surface area (Å²) < 4.78 is 1.54. The van der Waals surface area contributed by atoms with E-state index in [4.69, 9.17) is 0 Å². The van der Waals surface area contributed by atoms with Crippen LogP contribution >= 0.6 is 0 Å². The Kier molecular flexibility index (Phi) is 2.05. The zero-order valence-corrected chi connectivity index (χ0v) is 5.66. The minimum atomic E-state index is 0.0556. The molecular weight excluding hydrogens is 126 g/mol. The lowest BCUT2D eigenvalue weighted by Gasteiger charge is -1.94. The first kappa shape index (κ1) is 6.81. The number of nitrogens with zero attached hydrogens (tertiary/aromatic N) is 1. The summed E-state index contributed by atoms with van der Waals surface area (Å²) >= 11 is 0. The Morgan fingerprint density at radius 1 is 1.50 bits per heavy atom. The van der Waals surface area contributed by atoms with Crippen LogP contribution in [0.1, 0.15) is 11.2 Å². The molecule has 0 saturated carbocycles. The Hall–Kier alpha value is -1.31. The molecule has 2 nitrogen and oxygen atoms in total. The Labute approximate surface area is 59.8 Å². The quantitative estimate of drug-likeness (QED) is 0.566. The van der Waals surface area contributed by atoms with Gasteiger partial charge in [-0.3, -0.25) is 9.36 Å². The van der Waals surface area contributed by atoms with Gasteiger partial charge in [0.15, 0.2) is 0 Å². The Morgan fingerprint density at radius 3 is 2.60 bits per heavy atom. The normalized spacial score (nSPS) is 9.20. The van der Waals surface area contributed by atoms with Crippen LogP contribution in [0, 0.1) is 0 Å². The molecule has 0 aromatic carbocycles. The van der Waals surface area contributed by atoms with Crippen molar-refractivity contribution in [1.29, 1.82) is 0 Å². The average molecular weight is 135 g/mol. The van der Waals surface area contributed by atoms with E-state index in [9.17, 15) is 4.79 Å². The number of allylic oxidation sites excluding steroid dienone is 1.